The van der Waals surface area contributed by atoms with Gasteiger partial charge in [0, 0.05) is 0 Å². The first-order chi connectivity index (χ1) is 11.8. The van der Waals surface area contributed by atoms with E-state index in [9.17, 15) is 5.11 Å². The van der Waals surface area contributed by atoms with Crippen molar-refractivity contribution < 1.29 is 14.6 Å². The maximum absolute atomic E-state index is 10.2. The first-order valence-corrected chi connectivity index (χ1v) is 8.78. The van der Waals surface area contributed by atoms with Gasteiger partial charge in [-0.1, -0.05) is 49.2 Å². The lowest BCUT2D eigenvalue weighted by Gasteiger charge is -2.27. The van der Waals surface area contributed by atoms with Gasteiger partial charge in [0.05, 0.1) is 13.2 Å². The van der Waals surface area contributed by atoms with Crippen molar-refractivity contribution in [2.45, 2.75) is 44.8 Å². The topological polar surface area (TPSA) is 38.7 Å². The quantitative estimate of drug-likeness (QED) is 0.857. The highest BCUT2D eigenvalue weighted by atomic mass is 16.5. The third kappa shape index (κ3) is 4.30. The molecule has 0 heterocycles. The number of benzene rings is 2. The van der Waals surface area contributed by atoms with Gasteiger partial charge in [-0.05, 0) is 48.4 Å². The Morgan fingerprint density at radius 3 is 2.50 bits per heavy atom. The summed E-state index contributed by atoms with van der Waals surface area (Å²) in [6.45, 7) is 0.526. The van der Waals surface area contributed by atoms with Gasteiger partial charge in [-0.2, -0.15) is 0 Å². The van der Waals surface area contributed by atoms with Crippen LogP contribution >= 0.6 is 0 Å². The molecule has 2 atom stereocenters. The summed E-state index contributed by atoms with van der Waals surface area (Å²) in [6.07, 6.45) is 5.13. The van der Waals surface area contributed by atoms with Crippen LogP contribution in [0.25, 0.3) is 0 Å². The number of aliphatic hydroxyl groups is 1. The molecule has 0 aromatic heterocycles. The zero-order valence-electron chi connectivity index (χ0n) is 14.3. The van der Waals surface area contributed by atoms with Crippen molar-refractivity contribution in [3.63, 3.8) is 0 Å². The van der Waals surface area contributed by atoms with Gasteiger partial charge >= 0.3 is 0 Å². The van der Waals surface area contributed by atoms with Crippen LogP contribution in [0.15, 0.2) is 48.5 Å². The van der Waals surface area contributed by atoms with Gasteiger partial charge in [0.25, 0.3) is 0 Å². The third-order valence-electron chi connectivity index (χ3n) is 4.83. The van der Waals surface area contributed by atoms with Crippen LogP contribution in [0.3, 0.4) is 0 Å². The molecule has 128 valence electrons. The van der Waals surface area contributed by atoms with E-state index in [4.69, 9.17) is 9.47 Å². The van der Waals surface area contributed by atoms with E-state index in [2.05, 4.69) is 6.07 Å². The molecule has 0 aliphatic heterocycles. The molecule has 24 heavy (non-hydrogen) atoms. The van der Waals surface area contributed by atoms with E-state index in [0.29, 0.717) is 12.5 Å². The molecule has 3 nitrogen and oxygen atoms in total. The summed E-state index contributed by atoms with van der Waals surface area (Å²) in [4.78, 5) is 0. The SMILES string of the molecule is COc1cc(CC2CCCCC2O)ccc1OCc1ccccc1. The molecule has 0 bridgehead atoms. The lowest BCUT2D eigenvalue weighted by molar-refractivity contribution is 0.0700. The Morgan fingerprint density at radius 2 is 1.75 bits per heavy atom. The zero-order chi connectivity index (χ0) is 16.8. The van der Waals surface area contributed by atoms with Crippen LogP contribution < -0.4 is 9.47 Å². The highest BCUT2D eigenvalue weighted by Crippen LogP contribution is 2.32. The van der Waals surface area contributed by atoms with Gasteiger partial charge in [0.2, 0.25) is 0 Å². The molecular weight excluding hydrogens is 300 g/mol. The highest BCUT2D eigenvalue weighted by Gasteiger charge is 2.23. The molecule has 3 heteroatoms. The van der Waals surface area contributed by atoms with Crippen molar-refractivity contribution in [3.8, 4) is 11.5 Å². The van der Waals surface area contributed by atoms with E-state index in [0.717, 1.165) is 42.7 Å². The van der Waals surface area contributed by atoms with Crippen LogP contribution in [0, 0.1) is 5.92 Å². The molecule has 2 unspecified atom stereocenters. The fourth-order valence-electron chi connectivity index (χ4n) is 3.42. The molecule has 0 spiro atoms. The van der Waals surface area contributed by atoms with E-state index < -0.39 is 0 Å². The zero-order valence-corrected chi connectivity index (χ0v) is 14.3. The normalized spacial score (nSPS) is 20.6. The van der Waals surface area contributed by atoms with E-state index in [1.54, 1.807) is 7.11 Å². The minimum absolute atomic E-state index is 0.168. The Morgan fingerprint density at radius 1 is 0.958 bits per heavy atom. The predicted molar refractivity (Wildman–Crippen MR) is 95.4 cm³/mol. The average molecular weight is 326 g/mol. The standard InChI is InChI=1S/C21H26O3/c1-23-21-14-17(13-18-9-5-6-10-19(18)22)11-12-20(21)24-15-16-7-3-2-4-8-16/h2-4,7-8,11-12,14,18-19,22H,5-6,9-10,13,15H2,1H3. The summed E-state index contributed by atoms with van der Waals surface area (Å²) < 4.78 is 11.4. The fraction of sp³-hybridized carbons (Fsp3) is 0.429. The summed E-state index contributed by atoms with van der Waals surface area (Å²) in [6, 6.07) is 16.2. The highest BCUT2D eigenvalue weighted by molar-refractivity contribution is 5.43. The maximum atomic E-state index is 10.2. The Labute approximate surface area is 144 Å². The van der Waals surface area contributed by atoms with Gasteiger partial charge in [0.1, 0.15) is 6.61 Å². The molecule has 0 radical (unpaired) electrons. The fourth-order valence-corrected chi connectivity index (χ4v) is 3.42. The summed E-state index contributed by atoms with van der Waals surface area (Å²) in [5.74, 6) is 1.88. The minimum Gasteiger partial charge on any atom is -0.493 e. The van der Waals surface area contributed by atoms with Crippen LogP contribution in [0.4, 0.5) is 0 Å². The second-order valence-electron chi connectivity index (χ2n) is 6.58. The minimum atomic E-state index is -0.168. The second kappa shape index (κ2) is 8.20. The molecule has 3 rings (SSSR count). The van der Waals surface area contributed by atoms with Gasteiger partial charge in [-0.3, -0.25) is 0 Å². The van der Waals surface area contributed by atoms with Crippen molar-refractivity contribution in [2.75, 3.05) is 7.11 Å². The smallest absolute Gasteiger partial charge is 0.161 e. The number of hydrogen-bond acceptors (Lipinski definition) is 3. The maximum Gasteiger partial charge on any atom is 0.161 e. The van der Waals surface area contributed by atoms with Crippen LogP contribution in [0.5, 0.6) is 11.5 Å². The predicted octanol–water partition coefficient (Wildman–Crippen LogP) is 4.37. The van der Waals surface area contributed by atoms with E-state index in [1.807, 2.05) is 42.5 Å². The number of rotatable bonds is 6. The second-order valence-corrected chi connectivity index (χ2v) is 6.58. The number of methoxy groups -OCH3 is 1. The lowest BCUT2D eigenvalue weighted by atomic mass is 9.82. The molecule has 0 saturated heterocycles. The van der Waals surface area contributed by atoms with Gasteiger partial charge in [-0.15, -0.1) is 0 Å². The van der Waals surface area contributed by atoms with E-state index >= 15 is 0 Å². The number of hydrogen-bond donors (Lipinski definition) is 1. The van der Waals surface area contributed by atoms with Crippen molar-refractivity contribution in [1.29, 1.82) is 0 Å². The summed E-state index contributed by atoms with van der Waals surface area (Å²) in [7, 11) is 1.67. The molecule has 0 amide bonds. The van der Waals surface area contributed by atoms with Gasteiger partial charge in [0.15, 0.2) is 11.5 Å². The third-order valence-corrected chi connectivity index (χ3v) is 4.83. The monoisotopic (exact) mass is 326 g/mol. The molecule has 1 fully saturated rings. The largest absolute Gasteiger partial charge is 0.493 e. The first-order valence-electron chi connectivity index (χ1n) is 8.78. The van der Waals surface area contributed by atoms with Crippen molar-refractivity contribution in [1.82, 2.24) is 0 Å². The van der Waals surface area contributed by atoms with Crippen molar-refractivity contribution in [2.24, 2.45) is 5.92 Å². The summed E-state index contributed by atoms with van der Waals surface area (Å²) in [5.41, 5.74) is 2.33. The first kappa shape index (κ1) is 16.8. The molecule has 1 aliphatic rings. The molecule has 1 N–H and O–H groups in total. The van der Waals surface area contributed by atoms with Crippen LogP contribution in [-0.2, 0) is 13.0 Å². The molecule has 2 aromatic rings. The summed E-state index contributed by atoms with van der Waals surface area (Å²) in [5, 5.41) is 10.2. The molecule has 2 aromatic carbocycles. The van der Waals surface area contributed by atoms with Crippen molar-refractivity contribution in [3.05, 3.63) is 59.7 Å². The van der Waals surface area contributed by atoms with E-state index in [1.165, 1.54) is 12.0 Å². The van der Waals surface area contributed by atoms with Gasteiger partial charge in [-0.25, -0.2) is 0 Å². The van der Waals surface area contributed by atoms with Gasteiger partial charge < -0.3 is 14.6 Å². The number of ether oxygens (including phenoxy) is 2. The van der Waals surface area contributed by atoms with Crippen LogP contribution in [0.2, 0.25) is 0 Å². The Bertz CT molecular complexity index is 639. The number of aliphatic hydroxyl groups excluding tert-OH is 1. The van der Waals surface area contributed by atoms with E-state index in [-0.39, 0.29) is 6.10 Å². The Hall–Kier alpha value is -2.00. The average Bonchev–Trinajstić information content (AvgIpc) is 2.63. The molecular formula is C21H26O3. The van der Waals surface area contributed by atoms with Crippen LogP contribution in [-0.4, -0.2) is 18.3 Å². The Kier molecular flexibility index (Phi) is 5.76. The summed E-state index contributed by atoms with van der Waals surface area (Å²) >= 11 is 0. The molecule has 1 saturated carbocycles. The Balaban J connectivity index is 1.66. The van der Waals surface area contributed by atoms with Crippen molar-refractivity contribution >= 4 is 0 Å². The lowest BCUT2D eigenvalue weighted by Crippen LogP contribution is -2.26. The van der Waals surface area contributed by atoms with Crippen LogP contribution in [0.1, 0.15) is 36.8 Å². The molecule has 1 aliphatic carbocycles.